The molecule has 2 aromatic rings. The zero-order valence-corrected chi connectivity index (χ0v) is 17.1. The van der Waals surface area contributed by atoms with Gasteiger partial charge in [0, 0.05) is 57.0 Å². The fourth-order valence-corrected chi connectivity index (χ4v) is 3.63. The molecule has 4 heterocycles. The predicted molar refractivity (Wildman–Crippen MR) is 113 cm³/mol. The molecule has 0 atom stereocenters. The Bertz CT molecular complexity index is 963. The van der Waals surface area contributed by atoms with Crippen molar-refractivity contribution in [1.82, 2.24) is 24.8 Å². The summed E-state index contributed by atoms with van der Waals surface area (Å²) < 4.78 is 11.6. The van der Waals surface area contributed by atoms with Crippen LogP contribution in [0.5, 0.6) is 5.88 Å². The van der Waals surface area contributed by atoms with Crippen LogP contribution in [0.3, 0.4) is 0 Å². The number of nitrogen functional groups attached to an aromatic ring is 1. The average Bonchev–Trinajstić information content (AvgIpc) is 2.74. The van der Waals surface area contributed by atoms with Crippen molar-refractivity contribution in [3.05, 3.63) is 34.9 Å². The van der Waals surface area contributed by atoms with Gasteiger partial charge in [-0.3, -0.25) is 9.78 Å². The molecule has 2 saturated heterocycles. The van der Waals surface area contributed by atoms with Crippen molar-refractivity contribution in [2.24, 2.45) is 0 Å². The predicted octanol–water partition coefficient (Wildman–Crippen LogP) is 1.02. The smallest absolute Gasteiger partial charge is 0.261 e. The molecule has 0 aliphatic carbocycles. The fraction of sp³-hybridized carbons (Fsp3) is 0.500. The van der Waals surface area contributed by atoms with Crippen LogP contribution in [0.4, 0.5) is 11.9 Å². The quantitative estimate of drug-likeness (QED) is 0.739. The highest BCUT2D eigenvalue weighted by atomic mass is 16.5. The number of rotatable bonds is 5. The molecule has 0 radical (unpaired) electrons. The van der Waals surface area contributed by atoms with Gasteiger partial charge in [0.2, 0.25) is 11.8 Å². The Hall–Kier alpha value is -3.14. The zero-order valence-electron chi connectivity index (χ0n) is 17.1. The Morgan fingerprint density at radius 3 is 2.67 bits per heavy atom. The van der Waals surface area contributed by atoms with Gasteiger partial charge in [-0.1, -0.05) is 6.58 Å². The van der Waals surface area contributed by atoms with E-state index in [2.05, 4.69) is 31.4 Å². The second-order valence-corrected chi connectivity index (χ2v) is 7.54. The first-order valence-electron chi connectivity index (χ1n) is 10.1. The molecule has 10 heteroatoms. The molecule has 0 aromatic carbocycles. The van der Waals surface area contributed by atoms with E-state index in [9.17, 15) is 4.79 Å². The summed E-state index contributed by atoms with van der Waals surface area (Å²) in [5.41, 5.74) is 7.08. The maximum Gasteiger partial charge on any atom is 0.261 e. The minimum Gasteiger partial charge on any atom is -0.474 e. The van der Waals surface area contributed by atoms with Gasteiger partial charge in [0.25, 0.3) is 5.56 Å². The van der Waals surface area contributed by atoms with E-state index in [1.165, 1.54) is 6.20 Å². The van der Waals surface area contributed by atoms with Gasteiger partial charge in [-0.2, -0.15) is 4.98 Å². The van der Waals surface area contributed by atoms with Gasteiger partial charge >= 0.3 is 0 Å². The second-order valence-electron chi connectivity index (χ2n) is 7.54. The number of aromatic nitrogens is 4. The number of aromatic amines is 1. The number of nitrogens with zero attached hydrogens (tertiary/aromatic N) is 5. The minimum absolute atomic E-state index is 0.0451. The number of nitrogens with two attached hydrogens (primary N) is 1. The zero-order chi connectivity index (χ0) is 21.1. The molecule has 2 aliphatic heterocycles. The number of allylic oxidation sites excluding steroid dienone is 1. The van der Waals surface area contributed by atoms with Crippen LogP contribution in [-0.2, 0) is 4.74 Å². The highest BCUT2D eigenvalue weighted by Crippen LogP contribution is 2.25. The summed E-state index contributed by atoms with van der Waals surface area (Å²) in [6.07, 6.45) is 3.23. The summed E-state index contributed by atoms with van der Waals surface area (Å²) in [6, 6.07) is 1.69. The van der Waals surface area contributed by atoms with Crippen molar-refractivity contribution < 1.29 is 9.47 Å². The molecule has 0 spiro atoms. The molecule has 4 rings (SSSR count). The van der Waals surface area contributed by atoms with Crippen molar-refractivity contribution in [1.29, 1.82) is 0 Å². The molecule has 2 aromatic heterocycles. The van der Waals surface area contributed by atoms with Gasteiger partial charge in [0.15, 0.2) is 5.95 Å². The van der Waals surface area contributed by atoms with E-state index >= 15 is 0 Å². The Morgan fingerprint density at radius 2 is 2.00 bits per heavy atom. The first-order valence-corrected chi connectivity index (χ1v) is 10.1. The van der Waals surface area contributed by atoms with Crippen molar-refractivity contribution in [2.75, 3.05) is 50.0 Å². The number of ether oxygens (including phenoxy) is 2. The highest BCUT2D eigenvalue weighted by Gasteiger charge is 2.23. The second kappa shape index (κ2) is 8.70. The molecule has 0 saturated carbocycles. The third kappa shape index (κ3) is 4.54. The molecule has 0 amide bonds. The van der Waals surface area contributed by atoms with Gasteiger partial charge in [0.1, 0.15) is 6.10 Å². The highest BCUT2D eigenvalue weighted by molar-refractivity contribution is 5.60. The molecular formula is C20H27N7O3. The number of piperidine rings is 1. The molecular weight excluding hydrogens is 386 g/mol. The van der Waals surface area contributed by atoms with Crippen LogP contribution in [0, 0.1) is 0 Å². The van der Waals surface area contributed by atoms with Crippen LogP contribution in [-0.4, -0.2) is 70.3 Å². The third-order valence-corrected chi connectivity index (χ3v) is 5.35. The Labute approximate surface area is 174 Å². The number of hydrogen-bond donors (Lipinski definition) is 2. The summed E-state index contributed by atoms with van der Waals surface area (Å²) in [5.74, 6) is 1.03. The summed E-state index contributed by atoms with van der Waals surface area (Å²) in [7, 11) is 0. The molecule has 3 N–H and O–H groups in total. The summed E-state index contributed by atoms with van der Waals surface area (Å²) in [6.45, 7) is 10.4. The number of H-pyrrole nitrogens is 1. The van der Waals surface area contributed by atoms with E-state index in [1.54, 1.807) is 6.07 Å². The number of likely N-dealkylation sites (tertiary alicyclic amines) is 1. The molecule has 10 nitrogen and oxygen atoms in total. The number of nitrogens with one attached hydrogen (secondary N) is 1. The van der Waals surface area contributed by atoms with Gasteiger partial charge in [-0.05, 0) is 6.92 Å². The Morgan fingerprint density at radius 1 is 1.27 bits per heavy atom. The largest absolute Gasteiger partial charge is 0.474 e. The van der Waals surface area contributed by atoms with E-state index in [4.69, 9.17) is 15.2 Å². The maximum atomic E-state index is 12.4. The lowest BCUT2D eigenvalue weighted by atomic mass is 10.1. The van der Waals surface area contributed by atoms with Gasteiger partial charge < -0.3 is 25.0 Å². The normalized spacial score (nSPS) is 17.8. The minimum atomic E-state index is -0.352. The van der Waals surface area contributed by atoms with E-state index in [-0.39, 0.29) is 17.6 Å². The monoisotopic (exact) mass is 413 g/mol. The molecule has 2 fully saturated rings. The van der Waals surface area contributed by atoms with Crippen LogP contribution in [0.2, 0.25) is 0 Å². The van der Waals surface area contributed by atoms with Crippen LogP contribution in [0.15, 0.2) is 29.3 Å². The van der Waals surface area contributed by atoms with Gasteiger partial charge in [-0.15, -0.1) is 0 Å². The average molecular weight is 413 g/mol. The fourth-order valence-electron chi connectivity index (χ4n) is 3.63. The van der Waals surface area contributed by atoms with Crippen LogP contribution < -0.4 is 20.9 Å². The Kier molecular flexibility index (Phi) is 5.84. The van der Waals surface area contributed by atoms with E-state index in [1.807, 2.05) is 11.8 Å². The lowest BCUT2D eigenvalue weighted by Crippen LogP contribution is -2.38. The topological polar surface area (TPSA) is 122 Å². The molecule has 2 aliphatic rings. The van der Waals surface area contributed by atoms with Gasteiger partial charge in [0.05, 0.1) is 24.5 Å². The summed E-state index contributed by atoms with van der Waals surface area (Å²) >= 11 is 0. The summed E-state index contributed by atoms with van der Waals surface area (Å²) in [5, 5.41) is 0. The lowest BCUT2D eigenvalue weighted by molar-refractivity contribution is 0.112. The standard InChI is InChI=1S/C20H27N7O3/c1-13(2)26-5-3-14(4-6-26)30-17-11-16(15-12-22-19(21)25-18(15)28)23-20(24-17)27-7-9-29-10-8-27/h11-12,14H,1,3-10H2,2H3,(H3,21,22,25,28). The van der Waals surface area contributed by atoms with Crippen LogP contribution >= 0.6 is 0 Å². The summed E-state index contributed by atoms with van der Waals surface area (Å²) in [4.78, 5) is 32.4. The number of morpholine rings is 1. The van der Waals surface area contributed by atoms with Crippen molar-refractivity contribution in [2.45, 2.75) is 25.9 Å². The van der Waals surface area contributed by atoms with Gasteiger partial charge in [-0.25, -0.2) is 9.97 Å². The lowest BCUT2D eigenvalue weighted by Gasteiger charge is -2.33. The molecule has 0 unspecified atom stereocenters. The first-order chi connectivity index (χ1) is 14.5. The van der Waals surface area contributed by atoms with Crippen molar-refractivity contribution >= 4 is 11.9 Å². The van der Waals surface area contributed by atoms with Crippen LogP contribution in [0.25, 0.3) is 11.3 Å². The maximum absolute atomic E-state index is 12.4. The van der Waals surface area contributed by atoms with E-state index < -0.39 is 0 Å². The number of anilines is 2. The SMILES string of the molecule is C=C(C)N1CCC(Oc2cc(-c3cnc(N)[nH]c3=O)nc(N3CCOCC3)n2)CC1. The Balaban J connectivity index is 1.62. The van der Waals surface area contributed by atoms with E-state index in [0.29, 0.717) is 49.4 Å². The number of hydrogen-bond acceptors (Lipinski definition) is 9. The van der Waals surface area contributed by atoms with Crippen molar-refractivity contribution in [3.63, 3.8) is 0 Å². The first kappa shape index (κ1) is 20.1. The molecule has 160 valence electrons. The third-order valence-electron chi connectivity index (χ3n) is 5.35. The van der Waals surface area contributed by atoms with E-state index in [0.717, 1.165) is 31.6 Å². The van der Waals surface area contributed by atoms with Crippen molar-refractivity contribution in [3.8, 4) is 17.1 Å². The van der Waals surface area contributed by atoms with Crippen LogP contribution in [0.1, 0.15) is 19.8 Å². The molecule has 0 bridgehead atoms. The molecule has 30 heavy (non-hydrogen) atoms.